The fourth-order valence-corrected chi connectivity index (χ4v) is 8.32. The van der Waals surface area contributed by atoms with Crippen molar-refractivity contribution in [2.24, 2.45) is 0 Å². The van der Waals surface area contributed by atoms with Gasteiger partial charge >= 0.3 is 0 Å². The minimum absolute atomic E-state index is 0.0923. The van der Waals surface area contributed by atoms with Crippen LogP contribution in [0, 0.1) is 13.8 Å². The van der Waals surface area contributed by atoms with Gasteiger partial charge in [-0.3, -0.25) is 14.4 Å². The molecule has 62 heavy (non-hydrogen) atoms. The Hall–Kier alpha value is -7.19. The first kappa shape index (κ1) is 41.5. The van der Waals surface area contributed by atoms with Crippen LogP contribution in [0.25, 0.3) is 11.1 Å². The van der Waals surface area contributed by atoms with Crippen molar-refractivity contribution in [1.82, 2.24) is 9.80 Å². The molecule has 0 saturated carbocycles. The monoisotopic (exact) mass is 816 g/mol. The Morgan fingerprint density at radius 1 is 0.419 bits per heavy atom. The van der Waals surface area contributed by atoms with Crippen LogP contribution in [0.3, 0.4) is 0 Å². The first-order valence-electron chi connectivity index (χ1n) is 20.9. The summed E-state index contributed by atoms with van der Waals surface area (Å²) >= 11 is 0. The zero-order chi connectivity index (χ0) is 43.2. The summed E-state index contributed by atoms with van der Waals surface area (Å²) in [5.74, 6) is -1.11. The molecule has 2 heterocycles. The molecule has 0 bridgehead atoms. The predicted octanol–water partition coefficient (Wildman–Crippen LogP) is 9.93. The highest BCUT2D eigenvalue weighted by atomic mass is 16.3. The predicted molar refractivity (Wildman–Crippen MR) is 245 cm³/mol. The molecule has 0 spiro atoms. The van der Waals surface area contributed by atoms with Gasteiger partial charge in [0.2, 0.25) is 0 Å². The molecule has 7 nitrogen and oxygen atoms in total. The molecule has 7 heteroatoms. The van der Waals surface area contributed by atoms with Crippen LogP contribution in [0.5, 0.6) is 0 Å². The van der Waals surface area contributed by atoms with Gasteiger partial charge in [-0.2, -0.15) is 0 Å². The van der Waals surface area contributed by atoms with Gasteiger partial charge in [0.1, 0.15) is 0 Å². The molecular formula is C55H48N2O5. The molecule has 0 radical (unpaired) electrons. The molecule has 0 fully saturated rings. The maximum atomic E-state index is 14.2. The van der Waals surface area contributed by atoms with E-state index < -0.39 is 11.8 Å². The van der Waals surface area contributed by atoms with Crippen LogP contribution in [0.15, 0.2) is 194 Å². The van der Waals surface area contributed by atoms with E-state index in [-0.39, 0.29) is 30.6 Å². The minimum atomic E-state index is -0.392. The van der Waals surface area contributed by atoms with Crippen LogP contribution in [0.4, 0.5) is 0 Å². The highest BCUT2D eigenvalue weighted by Gasteiger charge is 2.33. The van der Waals surface area contributed by atoms with E-state index in [1.54, 1.807) is 0 Å². The number of carbonyl (C=O) groups excluding carboxylic acids is 3. The number of carbonyl (C=O) groups is 3. The van der Waals surface area contributed by atoms with Gasteiger partial charge < -0.3 is 20.0 Å². The number of allylic oxidation sites excluding steroid dienone is 4. The largest absolute Gasteiger partial charge is 0.395 e. The fourth-order valence-electron chi connectivity index (χ4n) is 8.32. The van der Waals surface area contributed by atoms with Crippen LogP contribution in [0.1, 0.15) is 81.9 Å². The van der Waals surface area contributed by atoms with Gasteiger partial charge in [-0.1, -0.05) is 169 Å². The Morgan fingerprint density at radius 2 is 0.758 bits per heavy atom. The zero-order valence-corrected chi connectivity index (χ0v) is 34.8. The normalized spacial score (nSPS) is 16.2. The maximum absolute atomic E-state index is 14.2. The minimum Gasteiger partial charge on any atom is -0.395 e. The van der Waals surface area contributed by atoms with E-state index in [4.69, 9.17) is 0 Å². The third-order valence-electron chi connectivity index (χ3n) is 11.6. The molecule has 2 N–H and O–H groups in total. The maximum Gasteiger partial charge on any atom is 0.193 e. The lowest BCUT2D eigenvalue weighted by atomic mass is 9.77. The van der Waals surface area contributed by atoms with E-state index in [1.165, 1.54) is 0 Å². The lowest BCUT2D eigenvalue weighted by Gasteiger charge is -2.32. The average molecular weight is 817 g/mol. The number of aryl methyl sites for hydroxylation is 2. The Balaban J connectivity index is 1.10. The molecule has 0 saturated heterocycles. The summed E-state index contributed by atoms with van der Waals surface area (Å²) in [6, 6.07) is 49.8. The number of aliphatic hydroxyl groups excluding tert-OH is 2. The number of benzene rings is 6. The van der Waals surface area contributed by atoms with Crippen LogP contribution >= 0.6 is 0 Å². The molecule has 8 rings (SSSR count). The quantitative estimate of drug-likeness (QED) is 0.106. The van der Waals surface area contributed by atoms with Crippen LogP contribution in [-0.2, 0) is 0 Å². The first-order chi connectivity index (χ1) is 30.2. The second-order valence-corrected chi connectivity index (χ2v) is 15.8. The Morgan fingerprint density at radius 3 is 1.10 bits per heavy atom. The summed E-state index contributed by atoms with van der Waals surface area (Å²) < 4.78 is 0. The number of aliphatic hydroxyl groups is 2. The highest BCUT2D eigenvalue weighted by Crippen LogP contribution is 2.44. The molecule has 0 aromatic heterocycles. The van der Waals surface area contributed by atoms with Gasteiger partial charge in [0.05, 0.1) is 13.2 Å². The van der Waals surface area contributed by atoms with Crippen molar-refractivity contribution in [3.8, 4) is 0 Å². The topological polar surface area (TPSA) is 98.2 Å². The molecular weight excluding hydrogens is 769 g/mol. The molecule has 2 atom stereocenters. The number of Topliss-reactive ketones (excluding diaryl/α,β-unsaturated/α-hetero) is 2. The molecule has 2 unspecified atom stereocenters. The summed E-state index contributed by atoms with van der Waals surface area (Å²) in [4.78, 5) is 46.2. The fraction of sp³-hybridized carbons (Fsp3) is 0.145. The van der Waals surface area contributed by atoms with Crippen molar-refractivity contribution in [2.75, 3.05) is 26.3 Å². The SMILES string of the molecule is Cc1ccc(C2C(C(=O)c3ccccc3)=CN(CCO)C=C2c2ccc(C(=O)c3ccc(C4=CN(CCO)C=C(C(=O)c5ccccc5)C4c4ccc(C)cc4)cc3)cc2)cc1. The van der Waals surface area contributed by atoms with Crippen molar-refractivity contribution in [3.05, 3.63) is 249 Å². The summed E-state index contributed by atoms with van der Waals surface area (Å²) in [7, 11) is 0. The van der Waals surface area contributed by atoms with Crippen molar-refractivity contribution < 1.29 is 24.6 Å². The van der Waals surface area contributed by atoms with Crippen LogP contribution in [-0.4, -0.2) is 63.7 Å². The van der Waals surface area contributed by atoms with Crippen LogP contribution < -0.4 is 0 Å². The highest BCUT2D eigenvalue weighted by molar-refractivity contribution is 6.13. The Labute approximate surface area is 362 Å². The molecule has 2 aliphatic heterocycles. The second kappa shape index (κ2) is 18.6. The van der Waals surface area contributed by atoms with Crippen molar-refractivity contribution in [3.63, 3.8) is 0 Å². The van der Waals surface area contributed by atoms with E-state index in [1.807, 2.05) is 182 Å². The van der Waals surface area contributed by atoms with Crippen molar-refractivity contribution >= 4 is 28.5 Å². The lowest BCUT2D eigenvalue weighted by molar-refractivity contribution is 0.101. The van der Waals surface area contributed by atoms with Gasteiger partial charge in [-0.05, 0) is 47.2 Å². The Bertz CT molecular complexity index is 2510. The number of ketones is 3. The third kappa shape index (κ3) is 8.82. The van der Waals surface area contributed by atoms with Gasteiger partial charge in [-0.25, -0.2) is 0 Å². The van der Waals surface area contributed by atoms with Gasteiger partial charge in [-0.15, -0.1) is 0 Å². The molecule has 0 aliphatic carbocycles. The lowest BCUT2D eigenvalue weighted by Crippen LogP contribution is -2.26. The first-order valence-corrected chi connectivity index (χ1v) is 20.9. The third-order valence-corrected chi connectivity index (χ3v) is 11.6. The smallest absolute Gasteiger partial charge is 0.193 e. The molecule has 6 aromatic rings. The van der Waals surface area contributed by atoms with E-state index in [9.17, 15) is 24.6 Å². The average Bonchev–Trinajstić information content (AvgIpc) is 3.32. The summed E-state index contributed by atoms with van der Waals surface area (Å²) in [6.07, 6.45) is 7.65. The van der Waals surface area contributed by atoms with Gasteiger partial charge in [0, 0.05) is 83.1 Å². The van der Waals surface area contributed by atoms with Crippen LogP contribution in [0.2, 0.25) is 0 Å². The molecule has 308 valence electrons. The summed E-state index contributed by atoms with van der Waals surface area (Å²) in [6.45, 7) is 4.50. The van der Waals surface area contributed by atoms with Gasteiger partial charge in [0.15, 0.2) is 17.3 Å². The van der Waals surface area contributed by atoms with E-state index in [0.717, 1.165) is 44.5 Å². The van der Waals surface area contributed by atoms with Crippen molar-refractivity contribution in [2.45, 2.75) is 25.7 Å². The summed E-state index contributed by atoms with van der Waals surface area (Å²) in [5, 5.41) is 19.9. The molecule has 2 aliphatic rings. The second-order valence-electron chi connectivity index (χ2n) is 15.8. The Kier molecular flexibility index (Phi) is 12.5. The number of hydrogen-bond donors (Lipinski definition) is 2. The number of rotatable bonds is 14. The number of nitrogens with zero attached hydrogens (tertiary/aromatic N) is 2. The summed E-state index contributed by atoms with van der Waals surface area (Å²) in [5.41, 5.74) is 11.0. The molecule has 0 amide bonds. The molecule has 6 aromatic carbocycles. The number of β-amino-alcohol motifs (C(OH)–C–C–N with tert-alkyl or cyclic N) is 2. The van der Waals surface area contributed by atoms with Gasteiger partial charge in [0.25, 0.3) is 0 Å². The standard InChI is InChI=1S/C55H48N2O5/c1-37-13-17-41(18-14-37)51-47(33-56(29-31-58)35-49(51)54(61)43-9-5-3-6-10-43)39-21-25-45(26-22-39)53(60)46-27-23-40(24-28-46)48-34-57(30-32-59)36-50(55(62)44-11-7-4-8-12-44)52(48)42-19-15-38(2)16-20-42/h3-28,33-36,51-52,58-59H,29-32H2,1-2H3. The van der Waals surface area contributed by atoms with E-state index in [0.29, 0.717) is 46.5 Å². The van der Waals surface area contributed by atoms with E-state index >= 15 is 0 Å². The zero-order valence-electron chi connectivity index (χ0n) is 34.8. The van der Waals surface area contributed by atoms with Crippen molar-refractivity contribution in [1.29, 1.82) is 0 Å². The number of hydrogen-bond acceptors (Lipinski definition) is 7. The van der Waals surface area contributed by atoms with E-state index in [2.05, 4.69) is 24.3 Å².